The van der Waals surface area contributed by atoms with Crippen molar-refractivity contribution in [1.82, 2.24) is 14.5 Å². The highest BCUT2D eigenvalue weighted by atomic mass is 19.4. The first-order valence-electron chi connectivity index (χ1n) is 5.95. The number of aromatic nitrogens is 3. The molecule has 2 aromatic rings. The number of alkyl halides is 3. The summed E-state index contributed by atoms with van der Waals surface area (Å²) in [6, 6.07) is 0. The summed E-state index contributed by atoms with van der Waals surface area (Å²) in [7, 11) is 1.74. The molecule has 0 atom stereocenters. The third kappa shape index (κ3) is 3.13. The molecule has 2 rings (SSSR count). The summed E-state index contributed by atoms with van der Waals surface area (Å²) in [6.45, 7) is 0. The molecule has 0 saturated heterocycles. The van der Waals surface area contributed by atoms with Gasteiger partial charge >= 0.3 is 6.18 Å². The van der Waals surface area contributed by atoms with E-state index >= 15 is 0 Å². The molecule has 0 bridgehead atoms. The first-order chi connectivity index (χ1) is 9.80. The lowest BCUT2D eigenvalue weighted by molar-refractivity contribution is -0.170. The van der Waals surface area contributed by atoms with Crippen molar-refractivity contribution in [3.8, 4) is 11.8 Å². The van der Waals surface area contributed by atoms with Gasteiger partial charge in [-0.05, 0) is 0 Å². The molecule has 8 heteroatoms. The number of Topliss-reactive ketones (excluding diaryl/α,β-unsaturated/α-hetero) is 1. The lowest BCUT2D eigenvalue weighted by Crippen LogP contribution is -2.21. The van der Waals surface area contributed by atoms with E-state index in [0.717, 1.165) is 0 Å². The molecule has 2 heterocycles. The molecule has 110 valence electrons. The highest BCUT2D eigenvalue weighted by Gasteiger charge is 2.36. The first-order valence-corrected chi connectivity index (χ1v) is 5.95. The molecule has 0 spiro atoms. The maximum Gasteiger partial charge on any atom is 0.450 e. The monoisotopic (exact) mass is 296 g/mol. The van der Waals surface area contributed by atoms with Crippen molar-refractivity contribution in [2.24, 2.45) is 7.05 Å². The van der Waals surface area contributed by atoms with Crippen molar-refractivity contribution < 1.29 is 18.0 Å². The zero-order valence-electron chi connectivity index (χ0n) is 11.0. The van der Waals surface area contributed by atoms with E-state index in [9.17, 15) is 18.0 Å². The number of carbonyl (C=O) groups excluding carboxylic acids is 1. The van der Waals surface area contributed by atoms with Crippen LogP contribution in [0.4, 0.5) is 19.0 Å². The van der Waals surface area contributed by atoms with Gasteiger partial charge in [-0.3, -0.25) is 4.79 Å². The number of hydrogen-bond acceptors (Lipinski definition) is 4. The summed E-state index contributed by atoms with van der Waals surface area (Å²) < 4.78 is 37.8. The number of ketones is 1. The van der Waals surface area contributed by atoms with Crippen LogP contribution >= 0.6 is 0 Å². The second-order valence-corrected chi connectivity index (χ2v) is 4.33. The zero-order valence-corrected chi connectivity index (χ0v) is 11.0. The molecule has 0 aliphatic heterocycles. The minimum absolute atomic E-state index is 0.178. The molecular weight excluding hydrogens is 285 g/mol. The van der Waals surface area contributed by atoms with Gasteiger partial charge in [0.05, 0.1) is 10.9 Å². The van der Waals surface area contributed by atoms with Crippen LogP contribution in [0.25, 0.3) is 11.0 Å². The molecule has 5 nitrogen and oxygen atoms in total. The highest BCUT2D eigenvalue weighted by molar-refractivity contribution is 5.92. The average Bonchev–Trinajstić information content (AvgIpc) is 2.72. The van der Waals surface area contributed by atoms with Crippen LogP contribution in [-0.4, -0.2) is 26.5 Å². The quantitative estimate of drug-likeness (QED) is 0.858. The predicted octanol–water partition coefficient (Wildman–Crippen LogP) is 1.81. The lowest BCUT2D eigenvalue weighted by atomic mass is 10.2. The number of fused-ring (bicyclic) bond motifs is 1. The fourth-order valence-electron chi connectivity index (χ4n) is 1.80. The average molecular weight is 296 g/mol. The van der Waals surface area contributed by atoms with Gasteiger partial charge in [-0.25, -0.2) is 9.97 Å². The molecule has 0 aliphatic rings. The van der Waals surface area contributed by atoms with Gasteiger partial charge in [0, 0.05) is 26.1 Å². The Kier molecular flexibility index (Phi) is 3.84. The van der Waals surface area contributed by atoms with Crippen molar-refractivity contribution in [2.45, 2.75) is 19.0 Å². The van der Waals surface area contributed by atoms with Gasteiger partial charge in [-0.15, -0.1) is 0 Å². The normalized spacial score (nSPS) is 11.2. The van der Waals surface area contributed by atoms with E-state index in [1.54, 1.807) is 17.8 Å². The van der Waals surface area contributed by atoms with Crippen molar-refractivity contribution in [3.05, 3.63) is 18.1 Å². The predicted molar refractivity (Wildman–Crippen MR) is 70.1 cm³/mol. The minimum Gasteiger partial charge on any atom is -0.383 e. The fourth-order valence-corrected chi connectivity index (χ4v) is 1.80. The molecule has 0 amide bonds. The third-order valence-corrected chi connectivity index (χ3v) is 2.80. The number of nitrogen functional groups attached to an aromatic ring is 1. The van der Waals surface area contributed by atoms with Crippen molar-refractivity contribution in [1.29, 1.82) is 0 Å². The lowest BCUT2D eigenvalue weighted by Gasteiger charge is -2.01. The summed E-state index contributed by atoms with van der Waals surface area (Å²) in [6.07, 6.45) is -2.67. The molecule has 0 aromatic carbocycles. The molecule has 0 radical (unpaired) electrons. The topological polar surface area (TPSA) is 73.8 Å². The smallest absolute Gasteiger partial charge is 0.383 e. The second kappa shape index (κ2) is 5.44. The molecule has 0 unspecified atom stereocenters. The maximum atomic E-state index is 12.0. The Labute approximate surface area is 118 Å². The number of nitrogens with zero attached hydrogens (tertiary/aromatic N) is 3. The van der Waals surface area contributed by atoms with E-state index in [0.29, 0.717) is 16.6 Å². The van der Waals surface area contributed by atoms with Gasteiger partial charge in [-0.2, -0.15) is 13.2 Å². The van der Waals surface area contributed by atoms with E-state index in [-0.39, 0.29) is 12.2 Å². The van der Waals surface area contributed by atoms with E-state index < -0.39 is 18.4 Å². The molecule has 0 aliphatic carbocycles. The van der Waals surface area contributed by atoms with Crippen LogP contribution in [0.15, 0.2) is 12.5 Å². The van der Waals surface area contributed by atoms with E-state index in [4.69, 9.17) is 5.73 Å². The Morgan fingerprint density at radius 2 is 2.14 bits per heavy atom. The first kappa shape index (κ1) is 14.8. The number of hydrogen-bond donors (Lipinski definition) is 1. The van der Waals surface area contributed by atoms with Crippen LogP contribution < -0.4 is 5.73 Å². The largest absolute Gasteiger partial charge is 0.450 e. The van der Waals surface area contributed by atoms with Crippen molar-refractivity contribution in [3.63, 3.8) is 0 Å². The van der Waals surface area contributed by atoms with Crippen LogP contribution in [0.3, 0.4) is 0 Å². The van der Waals surface area contributed by atoms with Crippen molar-refractivity contribution >= 4 is 22.6 Å². The Morgan fingerprint density at radius 1 is 1.43 bits per heavy atom. The minimum atomic E-state index is -4.81. The Bertz CT molecular complexity index is 752. The summed E-state index contributed by atoms with van der Waals surface area (Å²) in [5, 5.41) is 0.551. The van der Waals surface area contributed by atoms with E-state index in [1.165, 1.54) is 6.33 Å². The number of anilines is 1. The molecule has 0 saturated carbocycles. The highest BCUT2D eigenvalue weighted by Crippen LogP contribution is 2.22. The number of nitrogens with two attached hydrogens (primary N) is 1. The zero-order chi connectivity index (χ0) is 15.6. The molecule has 2 aromatic heterocycles. The van der Waals surface area contributed by atoms with Crippen LogP contribution in [0.1, 0.15) is 18.4 Å². The van der Waals surface area contributed by atoms with E-state index in [2.05, 4.69) is 21.8 Å². The Hall–Kier alpha value is -2.56. The molecular formula is C13H11F3N4O. The number of carbonyl (C=O) groups is 1. The van der Waals surface area contributed by atoms with Crippen molar-refractivity contribution in [2.75, 3.05) is 5.73 Å². The molecule has 2 N–H and O–H groups in total. The Balaban J connectivity index is 2.19. The summed E-state index contributed by atoms with van der Waals surface area (Å²) in [5.74, 6) is 3.71. The maximum absolute atomic E-state index is 12.0. The molecule has 21 heavy (non-hydrogen) atoms. The Morgan fingerprint density at radius 3 is 2.81 bits per heavy atom. The number of aryl methyl sites for hydroxylation is 1. The third-order valence-electron chi connectivity index (χ3n) is 2.80. The number of rotatable bonds is 2. The molecule has 0 fully saturated rings. The second-order valence-electron chi connectivity index (χ2n) is 4.33. The fraction of sp³-hybridized carbons (Fsp3) is 0.308. The summed E-state index contributed by atoms with van der Waals surface area (Å²) in [5.41, 5.74) is 6.85. The van der Waals surface area contributed by atoms with Crippen LogP contribution in [0.2, 0.25) is 0 Å². The van der Waals surface area contributed by atoms with Crippen LogP contribution in [0.5, 0.6) is 0 Å². The number of halogens is 3. The van der Waals surface area contributed by atoms with Gasteiger partial charge < -0.3 is 10.3 Å². The summed E-state index contributed by atoms with van der Waals surface area (Å²) >= 11 is 0. The summed E-state index contributed by atoms with van der Waals surface area (Å²) in [4.78, 5) is 18.6. The van der Waals surface area contributed by atoms with Gasteiger partial charge in [0.15, 0.2) is 0 Å². The van der Waals surface area contributed by atoms with E-state index in [1.807, 2.05) is 0 Å². The van der Waals surface area contributed by atoms with Crippen LogP contribution in [0, 0.1) is 11.8 Å². The SMILES string of the molecule is Cn1cc(C#CCCC(=O)C(F)(F)F)c2c(N)ncnc21. The van der Waals surface area contributed by atoms with Gasteiger partial charge in [0.2, 0.25) is 5.78 Å². The van der Waals surface area contributed by atoms with Crippen LogP contribution in [-0.2, 0) is 11.8 Å². The van der Waals surface area contributed by atoms with Gasteiger partial charge in [-0.1, -0.05) is 11.8 Å². The van der Waals surface area contributed by atoms with Gasteiger partial charge in [0.1, 0.15) is 17.8 Å². The van der Waals surface area contributed by atoms with Gasteiger partial charge in [0.25, 0.3) is 0 Å². The standard InChI is InChI=1S/C13H11F3N4O/c1-20-6-8(10-11(17)18-7-19-12(10)20)4-2-3-5-9(21)13(14,15)16/h6-7H,3,5H2,1H3,(H2,17,18,19).